The minimum Gasteiger partial charge on any atom is -0.310 e. The van der Waals surface area contributed by atoms with Crippen LogP contribution in [-0.2, 0) is 6.54 Å². The molecular weight excluding hydrogens is 208 g/mol. The first-order valence-corrected chi connectivity index (χ1v) is 6.87. The first-order valence-electron chi connectivity index (χ1n) is 6.87. The Kier molecular flexibility index (Phi) is 6.87. The van der Waals surface area contributed by atoms with E-state index in [4.69, 9.17) is 0 Å². The summed E-state index contributed by atoms with van der Waals surface area (Å²) in [7, 11) is 0. The van der Waals surface area contributed by atoms with E-state index in [1.807, 2.05) is 12.4 Å². The predicted octanol–water partition coefficient (Wildman–Crippen LogP) is 3.84. The van der Waals surface area contributed by atoms with Gasteiger partial charge in [0.25, 0.3) is 0 Å². The highest BCUT2D eigenvalue weighted by Gasteiger charge is 2.02. The van der Waals surface area contributed by atoms with E-state index in [0.29, 0.717) is 6.04 Å². The van der Waals surface area contributed by atoms with E-state index in [-0.39, 0.29) is 0 Å². The summed E-state index contributed by atoms with van der Waals surface area (Å²) < 4.78 is 0. The van der Waals surface area contributed by atoms with Crippen LogP contribution in [0.4, 0.5) is 0 Å². The van der Waals surface area contributed by atoms with Gasteiger partial charge in [0.15, 0.2) is 0 Å². The van der Waals surface area contributed by atoms with Crippen molar-refractivity contribution in [1.82, 2.24) is 10.3 Å². The van der Waals surface area contributed by atoms with E-state index in [2.05, 4.69) is 37.1 Å². The zero-order valence-corrected chi connectivity index (χ0v) is 11.5. The molecule has 96 valence electrons. The van der Waals surface area contributed by atoms with Gasteiger partial charge in [-0.1, -0.05) is 32.6 Å². The van der Waals surface area contributed by atoms with Crippen molar-refractivity contribution in [2.75, 3.05) is 0 Å². The lowest BCUT2D eigenvalue weighted by molar-refractivity contribution is 0.482. The highest BCUT2D eigenvalue weighted by molar-refractivity contribution is 5.21. The van der Waals surface area contributed by atoms with E-state index in [1.165, 1.54) is 43.2 Å². The summed E-state index contributed by atoms with van der Waals surface area (Å²) >= 11 is 0. The summed E-state index contributed by atoms with van der Waals surface area (Å²) in [6.07, 6.45) is 10.5. The molecule has 1 rings (SSSR count). The normalized spacial score (nSPS) is 12.6. The number of aromatic nitrogens is 1. The number of hydrogen-bond acceptors (Lipinski definition) is 2. The van der Waals surface area contributed by atoms with Crippen LogP contribution in [0, 0.1) is 6.92 Å². The zero-order chi connectivity index (χ0) is 12.5. The molecule has 0 fully saturated rings. The Labute approximate surface area is 106 Å². The summed E-state index contributed by atoms with van der Waals surface area (Å²) in [6, 6.07) is 2.71. The Morgan fingerprint density at radius 1 is 1.29 bits per heavy atom. The van der Waals surface area contributed by atoms with Gasteiger partial charge in [-0.3, -0.25) is 4.98 Å². The van der Waals surface area contributed by atoms with Gasteiger partial charge in [0.2, 0.25) is 0 Å². The molecule has 1 unspecified atom stereocenters. The van der Waals surface area contributed by atoms with Crippen LogP contribution >= 0.6 is 0 Å². The monoisotopic (exact) mass is 234 g/mol. The molecule has 0 saturated carbocycles. The van der Waals surface area contributed by atoms with Gasteiger partial charge in [-0.2, -0.15) is 0 Å². The molecule has 0 aliphatic rings. The van der Waals surface area contributed by atoms with Gasteiger partial charge in [-0.15, -0.1) is 0 Å². The van der Waals surface area contributed by atoms with Gasteiger partial charge >= 0.3 is 0 Å². The lowest BCUT2D eigenvalue weighted by atomic mass is 10.1. The molecule has 0 aliphatic heterocycles. The Morgan fingerprint density at radius 3 is 2.82 bits per heavy atom. The second-order valence-corrected chi connectivity index (χ2v) is 4.93. The molecule has 1 heterocycles. The molecule has 1 atom stereocenters. The topological polar surface area (TPSA) is 24.9 Å². The molecule has 2 heteroatoms. The SMILES string of the molecule is CCCCCCC(C)NCc1ccncc1C. The molecular formula is C15H26N2. The molecule has 0 saturated heterocycles. The van der Waals surface area contributed by atoms with Crippen molar-refractivity contribution in [2.24, 2.45) is 0 Å². The van der Waals surface area contributed by atoms with Crippen LogP contribution in [0.15, 0.2) is 18.5 Å². The molecule has 1 aromatic rings. The number of rotatable bonds is 8. The highest BCUT2D eigenvalue weighted by atomic mass is 14.9. The zero-order valence-electron chi connectivity index (χ0n) is 11.5. The van der Waals surface area contributed by atoms with Gasteiger partial charge in [-0.25, -0.2) is 0 Å². The van der Waals surface area contributed by atoms with E-state index in [9.17, 15) is 0 Å². The van der Waals surface area contributed by atoms with Crippen molar-refractivity contribution in [3.8, 4) is 0 Å². The summed E-state index contributed by atoms with van der Waals surface area (Å²) in [5.41, 5.74) is 2.64. The molecule has 2 nitrogen and oxygen atoms in total. The molecule has 0 radical (unpaired) electrons. The summed E-state index contributed by atoms with van der Waals surface area (Å²) in [6.45, 7) is 7.62. The highest BCUT2D eigenvalue weighted by Crippen LogP contribution is 2.08. The first kappa shape index (κ1) is 14.2. The predicted molar refractivity (Wildman–Crippen MR) is 74.0 cm³/mol. The second kappa shape index (κ2) is 8.24. The standard InChI is InChI=1S/C15H26N2/c1-4-5-6-7-8-14(3)17-12-15-9-10-16-11-13(15)2/h9-11,14,17H,4-8,12H2,1-3H3. The fourth-order valence-corrected chi connectivity index (χ4v) is 1.96. The third-order valence-corrected chi connectivity index (χ3v) is 3.27. The number of aryl methyl sites for hydroxylation is 1. The fraction of sp³-hybridized carbons (Fsp3) is 0.667. The van der Waals surface area contributed by atoms with Crippen molar-refractivity contribution < 1.29 is 0 Å². The molecule has 0 aromatic carbocycles. The van der Waals surface area contributed by atoms with Gasteiger partial charge < -0.3 is 5.32 Å². The third kappa shape index (κ3) is 5.83. The number of unbranched alkanes of at least 4 members (excludes halogenated alkanes) is 3. The maximum atomic E-state index is 4.11. The molecule has 1 aromatic heterocycles. The molecule has 17 heavy (non-hydrogen) atoms. The van der Waals surface area contributed by atoms with Crippen LogP contribution in [0.1, 0.15) is 57.1 Å². The third-order valence-electron chi connectivity index (χ3n) is 3.27. The van der Waals surface area contributed by atoms with Gasteiger partial charge in [0.05, 0.1) is 0 Å². The van der Waals surface area contributed by atoms with Crippen LogP contribution in [-0.4, -0.2) is 11.0 Å². The van der Waals surface area contributed by atoms with E-state index >= 15 is 0 Å². The Morgan fingerprint density at radius 2 is 2.12 bits per heavy atom. The van der Waals surface area contributed by atoms with Gasteiger partial charge in [0, 0.05) is 25.0 Å². The minimum atomic E-state index is 0.611. The second-order valence-electron chi connectivity index (χ2n) is 4.93. The number of nitrogens with zero attached hydrogens (tertiary/aromatic N) is 1. The quantitative estimate of drug-likeness (QED) is 0.691. The number of nitrogens with one attached hydrogen (secondary N) is 1. The largest absolute Gasteiger partial charge is 0.310 e. The average molecular weight is 234 g/mol. The van der Waals surface area contributed by atoms with Crippen LogP contribution in [0.25, 0.3) is 0 Å². The maximum Gasteiger partial charge on any atom is 0.0300 e. The Hall–Kier alpha value is -0.890. The Bertz CT molecular complexity index is 310. The van der Waals surface area contributed by atoms with Crippen LogP contribution < -0.4 is 5.32 Å². The van der Waals surface area contributed by atoms with Crippen LogP contribution in [0.3, 0.4) is 0 Å². The van der Waals surface area contributed by atoms with Crippen molar-refractivity contribution in [3.63, 3.8) is 0 Å². The van der Waals surface area contributed by atoms with E-state index in [1.54, 1.807) is 0 Å². The number of hydrogen-bond donors (Lipinski definition) is 1. The summed E-state index contributed by atoms with van der Waals surface area (Å²) in [4.78, 5) is 4.11. The van der Waals surface area contributed by atoms with Crippen molar-refractivity contribution in [1.29, 1.82) is 0 Å². The Balaban J connectivity index is 2.19. The summed E-state index contributed by atoms with van der Waals surface area (Å²) in [5.74, 6) is 0. The smallest absolute Gasteiger partial charge is 0.0300 e. The maximum absolute atomic E-state index is 4.11. The lowest BCUT2D eigenvalue weighted by Crippen LogP contribution is -2.25. The number of pyridine rings is 1. The minimum absolute atomic E-state index is 0.611. The molecule has 0 aliphatic carbocycles. The molecule has 0 bridgehead atoms. The molecule has 0 spiro atoms. The van der Waals surface area contributed by atoms with E-state index < -0.39 is 0 Å². The molecule has 1 N–H and O–H groups in total. The van der Waals surface area contributed by atoms with Crippen molar-refractivity contribution in [3.05, 3.63) is 29.6 Å². The average Bonchev–Trinajstić information content (AvgIpc) is 2.34. The van der Waals surface area contributed by atoms with Crippen LogP contribution in [0.2, 0.25) is 0 Å². The van der Waals surface area contributed by atoms with Crippen molar-refractivity contribution >= 4 is 0 Å². The van der Waals surface area contributed by atoms with Gasteiger partial charge in [0.1, 0.15) is 0 Å². The van der Waals surface area contributed by atoms with Crippen molar-refractivity contribution in [2.45, 2.75) is 65.5 Å². The van der Waals surface area contributed by atoms with Gasteiger partial charge in [-0.05, 0) is 37.5 Å². The lowest BCUT2D eigenvalue weighted by Gasteiger charge is -2.14. The van der Waals surface area contributed by atoms with E-state index in [0.717, 1.165) is 6.54 Å². The summed E-state index contributed by atoms with van der Waals surface area (Å²) in [5, 5.41) is 3.59. The fourth-order valence-electron chi connectivity index (χ4n) is 1.96. The van der Waals surface area contributed by atoms with Crippen LogP contribution in [0.5, 0.6) is 0 Å². The first-order chi connectivity index (χ1) is 8.24. The molecule has 0 amide bonds.